The predicted molar refractivity (Wildman–Crippen MR) is 136 cm³/mol. The third-order valence-electron chi connectivity index (χ3n) is 6.13. The molecular formula is C23H37IN4O3. The van der Waals surface area contributed by atoms with Gasteiger partial charge in [-0.15, -0.1) is 24.0 Å². The van der Waals surface area contributed by atoms with E-state index in [1.165, 1.54) is 25.7 Å². The van der Waals surface area contributed by atoms with E-state index in [-0.39, 0.29) is 29.9 Å². The molecule has 0 unspecified atom stereocenters. The summed E-state index contributed by atoms with van der Waals surface area (Å²) in [5, 5.41) is 9.75. The molecule has 1 amide bonds. The summed E-state index contributed by atoms with van der Waals surface area (Å²) in [7, 11) is 1.80. The highest BCUT2D eigenvalue weighted by Gasteiger charge is 2.33. The molecule has 0 bridgehead atoms. The maximum absolute atomic E-state index is 11.5. The monoisotopic (exact) mass is 544 g/mol. The third kappa shape index (κ3) is 7.82. The fraction of sp³-hybridized carbons (Fsp3) is 0.652. The first-order chi connectivity index (χ1) is 14.6. The molecule has 0 atom stereocenters. The van der Waals surface area contributed by atoms with Crippen molar-refractivity contribution in [2.75, 3.05) is 45.3 Å². The highest BCUT2D eigenvalue weighted by atomic mass is 127. The number of halogens is 1. The molecule has 3 rings (SSSR count). The molecule has 0 aromatic heterocycles. The molecule has 0 spiro atoms. The molecule has 3 N–H and O–H groups in total. The van der Waals surface area contributed by atoms with E-state index in [2.05, 4.69) is 27.9 Å². The number of anilines is 1. The SMILES string of the molecule is CCOCCC1(CNC(=NC)NCCOc2ccc3c(c2)CCC(=O)N3)CCCC1.I. The number of nitrogens with zero attached hydrogens (tertiary/aromatic N) is 1. The Balaban J connectivity index is 0.00000341. The third-order valence-corrected chi connectivity index (χ3v) is 6.13. The first-order valence-corrected chi connectivity index (χ1v) is 11.2. The van der Waals surface area contributed by atoms with Gasteiger partial charge in [-0.2, -0.15) is 0 Å². The molecule has 1 heterocycles. The van der Waals surface area contributed by atoms with Crippen LogP contribution in [0.1, 0.15) is 51.0 Å². The van der Waals surface area contributed by atoms with Crippen LogP contribution in [0.5, 0.6) is 5.75 Å². The van der Waals surface area contributed by atoms with Crippen LogP contribution >= 0.6 is 24.0 Å². The van der Waals surface area contributed by atoms with Gasteiger partial charge in [0.05, 0.1) is 6.54 Å². The van der Waals surface area contributed by atoms with Crippen LogP contribution in [0.25, 0.3) is 0 Å². The molecule has 7 nitrogen and oxygen atoms in total. The lowest BCUT2D eigenvalue weighted by Crippen LogP contribution is -2.44. The number of nitrogens with one attached hydrogen (secondary N) is 3. The molecule has 1 fully saturated rings. The van der Waals surface area contributed by atoms with Crippen LogP contribution in [0, 0.1) is 5.41 Å². The predicted octanol–water partition coefficient (Wildman–Crippen LogP) is 3.72. The number of ether oxygens (including phenoxy) is 2. The van der Waals surface area contributed by atoms with Crippen molar-refractivity contribution in [1.29, 1.82) is 0 Å². The minimum absolute atomic E-state index is 0. The van der Waals surface area contributed by atoms with Crippen LogP contribution < -0.4 is 20.7 Å². The average molecular weight is 544 g/mol. The van der Waals surface area contributed by atoms with E-state index in [9.17, 15) is 4.79 Å². The quantitative estimate of drug-likeness (QED) is 0.181. The molecule has 1 aliphatic carbocycles. The summed E-state index contributed by atoms with van der Waals surface area (Å²) in [6.07, 6.45) is 7.52. The molecule has 1 saturated carbocycles. The Hall–Kier alpha value is -1.55. The summed E-state index contributed by atoms with van der Waals surface area (Å²) in [4.78, 5) is 15.8. The number of carbonyl (C=O) groups excluding carboxylic acids is 1. The molecular weight excluding hydrogens is 507 g/mol. The maximum Gasteiger partial charge on any atom is 0.224 e. The molecule has 8 heteroatoms. The van der Waals surface area contributed by atoms with E-state index in [4.69, 9.17) is 9.47 Å². The van der Waals surface area contributed by atoms with Gasteiger partial charge in [-0.1, -0.05) is 12.8 Å². The summed E-state index contributed by atoms with van der Waals surface area (Å²) < 4.78 is 11.5. The summed E-state index contributed by atoms with van der Waals surface area (Å²) in [6.45, 7) is 5.81. The number of fused-ring (bicyclic) bond motifs is 1. The number of aryl methyl sites for hydroxylation is 1. The van der Waals surface area contributed by atoms with Crippen molar-refractivity contribution in [3.05, 3.63) is 23.8 Å². The molecule has 31 heavy (non-hydrogen) atoms. The van der Waals surface area contributed by atoms with E-state index < -0.39 is 0 Å². The number of carbonyl (C=O) groups is 1. The van der Waals surface area contributed by atoms with Crippen molar-refractivity contribution < 1.29 is 14.3 Å². The zero-order valence-electron chi connectivity index (χ0n) is 18.8. The molecule has 1 aliphatic heterocycles. The van der Waals surface area contributed by atoms with Crippen LogP contribution in [0.15, 0.2) is 23.2 Å². The van der Waals surface area contributed by atoms with E-state index in [0.717, 1.165) is 55.6 Å². The zero-order valence-corrected chi connectivity index (χ0v) is 21.1. The summed E-state index contributed by atoms with van der Waals surface area (Å²) in [5.74, 6) is 1.72. The van der Waals surface area contributed by atoms with Gasteiger partial charge < -0.3 is 25.4 Å². The lowest BCUT2D eigenvalue weighted by atomic mass is 9.83. The van der Waals surface area contributed by atoms with Crippen molar-refractivity contribution >= 4 is 41.5 Å². The molecule has 174 valence electrons. The minimum Gasteiger partial charge on any atom is -0.492 e. The molecule has 1 aromatic carbocycles. The van der Waals surface area contributed by atoms with E-state index in [0.29, 0.717) is 25.0 Å². The number of hydrogen-bond acceptors (Lipinski definition) is 4. The second kappa shape index (κ2) is 13.1. The number of guanidine groups is 1. The van der Waals surface area contributed by atoms with Crippen LogP contribution in [0.4, 0.5) is 5.69 Å². The van der Waals surface area contributed by atoms with Gasteiger partial charge in [0.1, 0.15) is 12.4 Å². The fourth-order valence-corrected chi connectivity index (χ4v) is 4.35. The van der Waals surface area contributed by atoms with Gasteiger partial charge in [0.15, 0.2) is 5.96 Å². The van der Waals surface area contributed by atoms with Gasteiger partial charge in [0, 0.05) is 38.9 Å². The van der Waals surface area contributed by atoms with Gasteiger partial charge in [-0.25, -0.2) is 0 Å². The van der Waals surface area contributed by atoms with Gasteiger partial charge in [0.2, 0.25) is 5.91 Å². The fourth-order valence-electron chi connectivity index (χ4n) is 4.35. The molecule has 0 radical (unpaired) electrons. The van der Waals surface area contributed by atoms with Crippen molar-refractivity contribution in [1.82, 2.24) is 10.6 Å². The minimum atomic E-state index is 0. The summed E-state index contributed by atoms with van der Waals surface area (Å²) >= 11 is 0. The van der Waals surface area contributed by atoms with Crippen molar-refractivity contribution in [3.8, 4) is 5.75 Å². The number of aliphatic imine (C=N–C) groups is 1. The standard InChI is InChI=1S/C23H36N4O3.HI/c1-3-29-14-12-23(10-4-5-11-23)17-26-22(24-2)25-13-15-30-19-7-8-20-18(16-19)6-9-21(28)27-20;/h7-8,16H,3-6,9-15,17H2,1-2H3,(H,27,28)(H2,24,25,26);1H. The lowest BCUT2D eigenvalue weighted by Gasteiger charge is -2.30. The normalized spacial score (nSPS) is 17.4. The Morgan fingerprint density at radius 2 is 2.00 bits per heavy atom. The average Bonchev–Trinajstić information content (AvgIpc) is 3.22. The van der Waals surface area contributed by atoms with Crippen LogP contribution in [0.3, 0.4) is 0 Å². The Kier molecular flexibility index (Phi) is 10.9. The van der Waals surface area contributed by atoms with Crippen LogP contribution in [-0.2, 0) is 16.0 Å². The largest absolute Gasteiger partial charge is 0.492 e. The van der Waals surface area contributed by atoms with E-state index in [1.807, 2.05) is 18.2 Å². The van der Waals surface area contributed by atoms with E-state index in [1.54, 1.807) is 7.05 Å². The highest BCUT2D eigenvalue weighted by molar-refractivity contribution is 14.0. The second-order valence-electron chi connectivity index (χ2n) is 8.22. The lowest BCUT2D eigenvalue weighted by molar-refractivity contribution is -0.116. The zero-order chi connectivity index (χ0) is 21.2. The topological polar surface area (TPSA) is 84.0 Å². The smallest absolute Gasteiger partial charge is 0.224 e. The Bertz CT molecular complexity index is 736. The molecule has 1 aromatic rings. The Morgan fingerprint density at radius 3 is 2.74 bits per heavy atom. The van der Waals surface area contributed by atoms with Crippen LogP contribution in [-0.4, -0.2) is 51.8 Å². The number of benzene rings is 1. The first-order valence-electron chi connectivity index (χ1n) is 11.2. The molecule has 0 saturated heterocycles. The van der Waals surface area contributed by atoms with Gasteiger partial charge in [-0.05, 0) is 61.8 Å². The number of hydrogen-bond donors (Lipinski definition) is 3. The Morgan fingerprint density at radius 1 is 1.19 bits per heavy atom. The number of amides is 1. The highest BCUT2D eigenvalue weighted by Crippen LogP contribution is 2.40. The second-order valence-corrected chi connectivity index (χ2v) is 8.22. The van der Waals surface area contributed by atoms with E-state index >= 15 is 0 Å². The molecule has 2 aliphatic rings. The maximum atomic E-state index is 11.5. The van der Waals surface area contributed by atoms with Crippen molar-refractivity contribution in [3.63, 3.8) is 0 Å². The van der Waals surface area contributed by atoms with Gasteiger partial charge in [0.25, 0.3) is 0 Å². The van der Waals surface area contributed by atoms with Crippen molar-refractivity contribution in [2.45, 2.75) is 51.9 Å². The summed E-state index contributed by atoms with van der Waals surface area (Å²) in [5.41, 5.74) is 2.35. The van der Waals surface area contributed by atoms with Crippen LogP contribution in [0.2, 0.25) is 0 Å². The summed E-state index contributed by atoms with van der Waals surface area (Å²) in [6, 6.07) is 5.84. The van der Waals surface area contributed by atoms with Crippen molar-refractivity contribution in [2.24, 2.45) is 10.4 Å². The Labute approximate surface area is 203 Å². The number of rotatable bonds is 10. The van der Waals surface area contributed by atoms with Gasteiger partial charge >= 0.3 is 0 Å². The van der Waals surface area contributed by atoms with Gasteiger partial charge in [-0.3, -0.25) is 9.79 Å². The first kappa shape index (κ1) is 25.7.